The Hall–Kier alpha value is -3.45. The lowest BCUT2D eigenvalue weighted by Crippen LogP contribution is -2.31. The van der Waals surface area contributed by atoms with Gasteiger partial charge in [0.25, 0.3) is 0 Å². The van der Waals surface area contributed by atoms with E-state index in [4.69, 9.17) is 4.42 Å². The molecule has 31 heavy (non-hydrogen) atoms. The molecule has 4 rings (SSSR count). The molecule has 1 aromatic heterocycles. The Bertz CT molecular complexity index is 1150. The summed E-state index contributed by atoms with van der Waals surface area (Å²) < 4.78 is 5.35. The van der Waals surface area contributed by atoms with Gasteiger partial charge in [0.2, 0.25) is 5.91 Å². The van der Waals surface area contributed by atoms with Gasteiger partial charge in [-0.25, -0.2) is 4.79 Å². The molecule has 1 aliphatic heterocycles. The smallest absolute Gasteiger partial charge is 0.348 e. The number of benzene rings is 2. The van der Waals surface area contributed by atoms with Gasteiger partial charge >= 0.3 is 11.6 Å². The van der Waals surface area contributed by atoms with E-state index in [1.54, 1.807) is 12.3 Å². The van der Waals surface area contributed by atoms with Crippen molar-refractivity contribution in [2.75, 3.05) is 11.9 Å². The summed E-state index contributed by atoms with van der Waals surface area (Å²) in [6, 6.07) is 13.8. The number of nitrogens with one attached hydrogen (secondary N) is 3. The second-order valence-corrected chi connectivity index (χ2v) is 7.71. The molecule has 0 spiro atoms. The van der Waals surface area contributed by atoms with Crippen LogP contribution in [0.5, 0.6) is 0 Å². The Morgan fingerprint density at radius 2 is 2.10 bits per heavy atom. The van der Waals surface area contributed by atoms with Crippen LogP contribution in [0.2, 0.25) is 0 Å². The predicted molar refractivity (Wildman–Crippen MR) is 122 cm³/mol. The first kappa shape index (κ1) is 20.8. The summed E-state index contributed by atoms with van der Waals surface area (Å²) in [4.78, 5) is 29.2. The predicted octanol–water partition coefficient (Wildman–Crippen LogP) is 3.34. The molecule has 3 N–H and O–H groups in total. The summed E-state index contributed by atoms with van der Waals surface area (Å²) in [6.07, 6.45) is 6.17. The lowest BCUT2D eigenvalue weighted by atomic mass is 10.0. The Kier molecular flexibility index (Phi) is 6.43. The number of nitrogens with zero attached hydrogens (tertiary/aromatic N) is 1. The van der Waals surface area contributed by atoms with Gasteiger partial charge in [0.05, 0.1) is 10.9 Å². The van der Waals surface area contributed by atoms with E-state index in [1.807, 2.05) is 49.4 Å². The van der Waals surface area contributed by atoms with Crippen molar-refractivity contribution in [3.8, 4) is 0 Å². The van der Waals surface area contributed by atoms with Crippen molar-refractivity contribution in [2.45, 2.75) is 38.8 Å². The summed E-state index contributed by atoms with van der Waals surface area (Å²) in [5.41, 5.74) is 2.75. The second-order valence-electron chi connectivity index (χ2n) is 7.71. The monoisotopic (exact) mass is 418 g/mol. The summed E-state index contributed by atoms with van der Waals surface area (Å²) in [5.74, 6) is 0.00816. The number of anilines is 1. The van der Waals surface area contributed by atoms with Crippen molar-refractivity contribution in [1.29, 1.82) is 0 Å². The van der Waals surface area contributed by atoms with Crippen molar-refractivity contribution in [3.63, 3.8) is 0 Å². The number of aromatic nitrogens is 1. The van der Waals surface area contributed by atoms with E-state index in [0.29, 0.717) is 23.9 Å². The van der Waals surface area contributed by atoms with Gasteiger partial charge in [-0.1, -0.05) is 36.4 Å². The van der Waals surface area contributed by atoms with E-state index in [2.05, 4.69) is 20.9 Å². The molecular formula is C24H26N4O3. The highest BCUT2D eigenvalue weighted by atomic mass is 16.4. The number of hydrogen-bond donors (Lipinski definition) is 3. The molecule has 3 aromatic rings. The van der Waals surface area contributed by atoms with Gasteiger partial charge in [-0.2, -0.15) is 4.98 Å². The zero-order chi connectivity index (χ0) is 21.6. The zero-order valence-electron chi connectivity index (χ0n) is 17.5. The van der Waals surface area contributed by atoms with Crippen LogP contribution >= 0.6 is 0 Å². The number of amides is 1. The van der Waals surface area contributed by atoms with E-state index >= 15 is 0 Å². The molecule has 7 nitrogen and oxygen atoms in total. The van der Waals surface area contributed by atoms with Crippen molar-refractivity contribution < 1.29 is 9.21 Å². The van der Waals surface area contributed by atoms with Crippen LogP contribution < -0.4 is 21.6 Å². The van der Waals surface area contributed by atoms with Gasteiger partial charge in [-0.3, -0.25) is 4.79 Å². The normalized spacial score (nSPS) is 16.1. The maximum absolute atomic E-state index is 12.6. The van der Waals surface area contributed by atoms with Gasteiger partial charge in [-0.15, -0.1) is 0 Å². The maximum atomic E-state index is 12.6. The topological polar surface area (TPSA) is 96.3 Å². The highest BCUT2D eigenvalue weighted by Gasteiger charge is 2.18. The number of carbonyl (C=O) groups is 1. The van der Waals surface area contributed by atoms with Crippen molar-refractivity contribution in [1.82, 2.24) is 15.6 Å². The van der Waals surface area contributed by atoms with Crippen LogP contribution in [0.25, 0.3) is 17.0 Å². The van der Waals surface area contributed by atoms with Gasteiger partial charge in [0.15, 0.2) is 0 Å². The van der Waals surface area contributed by atoms with Gasteiger partial charge < -0.3 is 20.4 Å². The lowest BCUT2D eigenvalue weighted by molar-refractivity contribution is -0.121. The molecule has 2 aromatic carbocycles. The molecule has 0 saturated carbocycles. The molecule has 1 amide bonds. The largest absolute Gasteiger partial charge is 0.388 e. The Balaban J connectivity index is 1.45. The van der Waals surface area contributed by atoms with Crippen molar-refractivity contribution >= 4 is 28.9 Å². The minimum absolute atomic E-state index is 0.00816. The van der Waals surface area contributed by atoms with E-state index in [0.717, 1.165) is 36.1 Å². The summed E-state index contributed by atoms with van der Waals surface area (Å²) in [6.45, 7) is 3.19. The SMILES string of the molecule is Cc1c(CNC(=O)CC2CCCN2)ccc2nc(NC=Cc3ccccc3)oc(=O)c12. The van der Waals surface area contributed by atoms with Crippen LogP contribution in [0.1, 0.15) is 36.0 Å². The molecule has 0 bridgehead atoms. The van der Waals surface area contributed by atoms with Gasteiger partial charge in [0.1, 0.15) is 0 Å². The fourth-order valence-corrected chi connectivity index (χ4v) is 3.81. The fourth-order valence-electron chi connectivity index (χ4n) is 3.81. The quantitative estimate of drug-likeness (QED) is 0.545. The third kappa shape index (κ3) is 5.19. The second kappa shape index (κ2) is 9.57. The fraction of sp³-hybridized carbons (Fsp3) is 0.292. The van der Waals surface area contributed by atoms with Crippen LogP contribution in [0.4, 0.5) is 6.01 Å². The summed E-state index contributed by atoms with van der Waals surface area (Å²) in [5, 5.41) is 9.62. The zero-order valence-corrected chi connectivity index (χ0v) is 17.5. The van der Waals surface area contributed by atoms with Crippen molar-refractivity contribution in [3.05, 3.63) is 75.8 Å². The van der Waals surface area contributed by atoms with Crippen LogP contribution in [0.3, 0.4) is 0 Å². The average Bonchev–Trinajstić information content (AvgIpc) is 3.27. The average molecular weight is 418 g/mol. The molecule has 0 radical (unpaired) electrons. The molecule has 7 heteroatoms. The molecule has 1 saturated heterocycles. The first-order valence-electron chi connectivity index (χ1n) is 10.5. The van der Waals surface area contributed by atoms with E-state index < -0.39 is 5.63 Å². The number of rotatable bonds is 7. The van der Waals surface area contributed by atoms with Crippen LogP contribution in [0.15, 0.2) is 57.9 Å². The van der Waals surface area contributed by atoms with E-state index in [1.165, 1.54) is 0 Å². The third-order valence-corrected chi connectivity index (χ3v) is 5.52. The highest BCUT2D eigenvalue weighted by Crippen LogP contribution is 2.19. The first-order valence-corrected chi connectivity index (χ1v) is 10.5. The number of aryl methyl sites for hydroxylation is 1. The summed E-state index contributed by atoms with van der Waals surface area (Å²) >= 11 is 0. The van der Waals surface area contributed by atoms with Crippen LogP contribution in [0, 0.1) is 6.92 Å². The molecule has 160 valence electrons. The summed E-state index contributed by atoms with van der Waals surface area (Å²) in [7, 11) is 0. The Morgan fingerprint density at radius 3 is 2.87 bits per heavy atom. The highest BCUT2D eigenvalue weighted by molar-refractivity contribution is 5.83. The van der Waals surface area contributed by atoms with E-state index in [-0.39, 0.29) is 18.0 Å². The molecule has 1 unspecified atom stereocenters. The molecule has 2 heterocycles. The standard InChI is InChI=1S/C24H26N4O3/c1-16-18(15-27-21(29)14-19-8-5-12-25-19)9-10-20-22(16)23(30)31-24(28-20)26-13-11-17-6-3-2-4-7-17/h2-4,6-7,9-11,13,19,25H,5,8,12,14-15H2,1H3,(H,26,28)(H,27,29). The number of carbonyl (C=O) groups excluding carboxylic acids is 1. The minimum atomic E-state index is -0.457. The molecule has 0 aliphatic carbocycles. The Labute approximate surface area is 180 Å². The Morgan fingerprint density at radius 1 is 1.26 bits per heavy atom. The first-order chi connectivity index (χ1) is 15.1. The van der Waals surface area contributed by atoms with Gasteiger partial charge in [0, 0.05) is 25.2 Å². The third-order valence-electron chi connectivity index (χ3n) is 5.52. The molecular weight excluding hydrogens is 392 g/mol. The van der Waals surface area contributed by atoms with Crippen LogP contribution in [-0.4, -0.2) is 23.5 Å². The maximum Gasteiger partial charge on any atom is 0.348 e. The van der Waals surface area contributed by atoms with Crippen molar-refractivity contribution in [2.24, 2.45) is 0 Å². The molecule has 1 aliphatic rings. The molecule has 1 fully saturated rings. The lowest BCUT2D eigenvalue weighted by Gasteiger charge is -2.12. The minimum Gasteiger partial charge on any atom is -0.388 e. The molecule has 1 atom stereocenters. The van der Waals surface area contributed by atoms with Gasteiger partial charge in [-0.05, 0) is 55.1 Å². The van der Waals surface area contributed by atoms with Crippen LogP contribution in [-0.2, 0) is 11.3 Å². The number of hydrogen-bond acceptors (Lipinski definition) is 6. The van der Waals surface area contributed by atoms with E-state index in [9.17, 15) is 9.59 Å². The number of fused-ring (bicyclic) bond motifs is 1.